The van der Waals surface area contributed by atoms with E-state index in [1.54, 1.807) is 0 Å². The van der Waals surface area contributed by atoms with Crippen LogP contribution >= 0.6 is 0 Å². The zero-order valence-electron chi connectivity index (χ0n) is 20.1. The van der Waals surface area contributed by atoms with Crippen molar-refractivity contribution in [3.8, 4) is 0 Å². The maximum atomic E-state index is 9.66. The summed E-state index contributed by atoms with van der Waals surface area (Å²) in [7, 11) is -1.95. The molecule has 3 nitrogen and oxygen atoms in total. The van der Waals surface area contributed by atoms with Crippen LogP contribution in [-0.4, -0.2) is 38.3 Å². The van der Waals surface area contributed by atoms with E-state index in [-0.39, 0.29) is 24.9 Å². The maximum Gasteiger partial charge on any atom is 0.201 e. The van der Waals surface area contributed by atoms with E-state index in [4.69, 9.17) is 9.16 Å². The van der Waals surface area contributed by atoms with E-state index in [1.165, 1.54) is 0 Å². The van der Waals surface area contributed by atoms with Gasteiger partial charge in [-0.3, -0.25) is 0 Å². The van der Waals surface area contributed by atoms with Crippen molar-refractivity contribution in [3.63, 3.8) is 0 Å². The first-order chi connectivity index (χ1) is 13.0. The van der Waals surface area contributed by atoms with E-state index >= 15 is 0 Å². The molecule has 166 valence electrons. The minimum atomic E-state index is -1.95. The average molecular weight is 413 g/mol. The number of ether oxygens (including phenoxy) is 1. The third kappa shape index (κ3) is 6.96. The largest absolute Gasteiger partial charge is 0.410 e. The highest BCUT2D eigenvalue weighted by Gasteiger charge is 2.46. The molecule has 1 heterocycles. The summed E-state index contributed by atoms with van der Waals surface area (Å²) in [4.78, 5) is 0. The quantitative estimate of drug-likeness (QED) is 0.302. The van der Waals surface area contributed by atoms with Gasteiger partial charge in [0.25, 0.3) is 0 Å². The second-order valence-corrected chi connectivity index (χ2v) is 15.7. The summed E-state index contributed by atoms with van der Waals surface area (Å²) in [5, 5.41) is 9.66. The van der Waals surface area contributed by atoms with Crippen LogP contribution in [-0.2, 0) is 9.16 Å². The van der Waals surface area contributed by atoms with Crippen LogP contribution in [0.5, 0.6) is 0 Å². The van der Waals surface area contributed by atoms with Crippen LogP contribution in [0.3, 0.4) is 0 Å². The first-order valence-corrected chi connectivity index (χ1v) is 13.8. The minimum absolute atomic E-state index is 0.0265. The van der Waals surface area contributed by atoms with E-state index < -0.39 is 8.32 Å². The molecule has 0 bridgehead atoms. The summed E-state index contributed by atoms with van der Waals surface area (Å²) in [6.45, 7) is 20.9. The van der Waals surface area contributed by atoms with E-state index in [2.05, 4.69) is 74.5 Å². The van der Waals surface area contributed by atoms with Gasteiger partial charge in [-0.15, -0.1) is 0 Å². The van der Waals surface area contributed by atoms with Gasteiger partial charge < -0.3 is 14.3 Å². The van der Waals surface area contributed by atoms with Gasteiger partial charge in [-0.1, -0.05) is 74.5 Å². The smallest absolute Gasteiger partial charge is 0.201 e. The van der Waals surface area contributed by atoms with Crippen molar-refractivity contribution in [1.82, 2.24) is 0 Å². The maximum absolute atomic E-state index is 9.66. The first kappa shape index (κ1) is 25.9. The molecule has 0 aromatic carbocycles. The lowest BCUT2D eigenvalue weighted by atomic mass is 9.91. The SMILES string of the molecule is CC(C)C/C=C/[C@H](C[C@@H]1CC[C@H](C)[C@@H](CO)O1)O[Si](C(C)C)(C(C)C)C(C)C. The van der Waals surface area contributed by atoms with Crippen molar-refractivity contribution in [3.05, 3.63) is 12.2 Å². The average Bonchev–Trinajstić information content (AvgIpc) is 2.59. The molecule has 0 aromatic heterocycles. The fourth-order valence-electron chi connectivity index (χ4n) is 5.08. The van der Waals surface area contributed by atoms with Gasteiger partial charge in [0, 0.05) is 6.42 Å². The lowest BCUT2D eigenvalue weighted by Gasteiger charge is -2.45. The Bertz CT molecular complexity index is 437. The number of aliphatic hydroxyl groups is 1. The molecule has 1 aliphatic heterocycles. The predicted molar refractivity (Wildman–Crippen MR) is 123 cm³/mol. The van der Waals surface area contributed by atoms with Gasteiger partial charge in [-0.05, 0) is 47.7 Å². The molecule has 0 amide bonds. The van der Waals surface area contributed by atoms with Gasteiger partial charge in [0.1, 0.15) is 0 Å². The zero-order valence-corrected chi connectivity index (χ0v) is 21.1. The molecule has 0 aromatic rings. The third-order valence-corrected chi connectivity index (χ3v) is 12.8. The molecular formula is C24H48O3Si. The van der Waals surface area contributed by atoms with Gasteiger partial charge in [0.2, 0.25) is 8.32 Å². The van der Waals surface area contributed by atoms with E-state index in [0.29, 0.717) is 28.5 Å². The van der Waals surface area contributed by atoms with E-state index in [9.17, 15) is 5.11 Å². The molecule has 0 spiro atoms. The van der Waals surface area contributed by atoms with Crippen molar-refractivity contribution < 1.29 is 14.3 Å². The lowest BCUT2D eigenvalue weighted by molar-refractivity contribution is -0.108. The van der Waals surface area contributed by atoms with Crippen LogP contribution in [0.15, 0.2) is 12.2 Å². The van der Waals surface area contributed by atoms with Gasteiger partial charge in [0.05, 0.1) is 24.9 Å². The van der Waals surface area contributed by atoms with Crippen LogP contribution < -0.4 is 0 Å². The molecule has 1 N–H and O–H groups in total. The van der Waals surface area contributed by atoms with Crippen LogP contribution in [0.4, 0.5) is 0 Å². The Kier molecular flexibility index (Phi) is 11.0. The molecule has 28 heavy (non-hydrogen) atoms. The van der Waals surface area contributed by atoms with Gasteiger partial charge >= 0.3 is 0 Å². The molecule has 1 rings (SSSR count). The van der Waals surface area contributed by atoms with Gasteiger partial charge in [-0.2, -0.15) is 0 Å². The number of hydrogen-bond donors (Lipinski definition) is 1. The second kappa shape index (κ2) is 11.9. The van der Waals surface area contributed by atoms with Gasteiger partial charge in [-0.25, -0.2) is 0 Å². The summed E-state index contributed by atoms with van der Waals surface area (Å²) in [5.74, 6) is 1.09. The Morgan fingerprint density at radius 3 is 2.04 bits per heavy atom. The summed E-state index contributed by atoms with van der Waals surface area (Å²) in [6.07, 6.45) is 9.06. The lowest BCUT2D eigenvalue weighted by Crippen LogP contribution is -2.50. The van der Waals surface area contributed by atoms with Crippen molar-refractivity contribution in [2.75, 3.05) is 6.61 Å². The molecule has 0 aliphatic carbocycles. The molecule has 0 radical (unpaired) electrons. The van der Waals surface area contributed by atoms with Crippen LogP contribution in [0.25, 0.3) is 0 Å². The Morgan fingerprint density at radius 1 is 1.00 bits per heavy atom. The van der Waals surface area contributed by atoms with E-state index in [1.807, 2.05) is 0 Å². The molecule has 4 heteroatoms. The summed E-state index contributed by atoms with van der Waals surface area (Å²) < 4.78 is 13.4. The summed E-state index contributed by atoms with van der Waals surface area (Å²) >= 11 is 0. The molecule has 1 fully saturated rings. The van der Waals surface area contributed by atoms with E-state index in [0.717, 1.165) is 25.7 Å². The van der Waals surface area contributed by atoms with Crippen LogP contribution in [0.1, 0.15) is 88.0 Å². The Balaban J connectivity index is 3.02. The molecule has 1 aliphatic rings. The predicted octanol–water partition coefficient (Wildman–Crippen LogP) is 6.72. The van der Waals surface area contributed by atoms with Crippen molar-refractivity contribution in [1.29, 1.82) is 0 Å². The van der Waals surface area contributed by atoms with Crippen LogP contribution in [0.2, 0.25) is 16.6 Å². The Labute approximate surface area is 176 Å². The molecule has 1 saturated heterocycles. The third-order valence-electron chi connectivity index (χ3n) is 6.64. The first-order valence-electron chi connectivity index (χ1n) is 11.6. The highest BCUT2D eigenvalue weighted by Crippen LogP contribution is 2.44. The number of aliphatic hydroxyl groups excluding tert-OH is 1. The van der Waals surface area contributed by atoms with Gasteiger partial charge in [0.15, 0.2) is 0 Å². The highest BCUT2D eigenvalue weighted by molar-refractivity contribution is 6.77. The molecule has 0 unspecified atom stereocenters. The normalized spacial score (nSPS) is 25.6. The summed E-state index contributed by atoms with van der Waals surface area (Å²) in [5.41, 5.74) is 1.72. The fourth-order valence-corrected chi connectivity index (χ4v) is 10.6. The zero-order chi connectivity index (χ0) is 21.5. The van der Waals surface area contributed by atoms with Crippen LogP contribution in [0, 0.1) is 11.8 Å². The number of allylic oxidation sites excluding steroid dienone is 1. The van der Waals surface area contributed by atoms with Crippen molar-refractivity contribution in [2.45, 2.75) is 123 Å². The molecule has 0 saturated carbocycles. The molecule has 4 atom stereocenters. The van der Waals surface area contributed by atoms with Crippen molar-refractivity contribution in [2.24, 2.45) is 11.8 Å². The topological polar surface area (TPSA) is 38.7 Å². The highest BCUT2D eigenvalue weighted by atomic mass is 28.4. The fraction of sp³-hybridized carbons (Fsp3) is 0.917. The summed E-state index contributed by atoms with van der Waals surface area (Å²) in [6, 6.07) is 0. The second-order valence-electron chi connectivity index (χ2n) is 10.3. The number of rotatable bonds is 11. The number of hydrogen-bond acceptors (Lipinski definition) is 3. The van der Waals surface area contributed by atoms with Crippen molar-refractivity contribution >= 4 is 8.32 Å². The molecular weight excluding hydrogens is 364 g/mol. The Hall–Kier alpha value is -0.163. The Morgan fingerprint density at radius 2 is 1.57 bits per heavy atom. The minimum Gasteiger partial charge on any atom is -0.410 e. The monoisotopic (exact) mass is 412 g/mol. The standard InChI is InChI=1S/C24H48O3Si/c1-17(2)11-10-12-23(15-22-14-13-21(9)24(16-25)26-22)27-28(18(3)4,19(5)6)20(7)8/h10,12,17-25H,11,13-16H2,1-9H3/b12-10+/t21-,22-,23+,24+/m0/s1.